The summed E-state index contributed by atoms with van der Waals surface area (Å²) in [4.78, 5) is 40.4. The molecular weight excluding hydrogens is 432 g/mol. The van der Waals surface area contributed by atoms with Gasteiger partial charge in [-0.1, -0.05) is 12.1 Å². The van der Waals surface area contributed by atoms with Crippen LogP contribution in [-0.4, -0.2) is 75.3 Å². The van der Waals surface area contributed by atoms with Gasteiger partial charge in [0, 0.05) is 13.0 Å². The number of likely N-dealkylation sites (tertiary alicyclic amines) is 1. The van der Waals surface area contributed by atoms with Crippen molar-refractivity contribution in [1.82, 2.24) is 4.90 Å². The van der Waals surface area contributed by atoms with Crippen molar-refractivity contribution in [3.8, 4) is 5.75 Å². The average molecular weight is 462 g/mol. The van der Waals surface area contributed by atoms with Crippen LogP contribution in [0.1, 0.15) is 27.2 Å². The van der Waals surface area contributed by atoms with Crippen molar-refractivity contribution < 1.29 is 38.1 Å². The molecule has 1 aromatic rings. The lowest BCUT2D eigenvalue weighted by Gasteiger charge is -2.32. The lowest BCUT2D eigenvalue weighted by Crippen LogP contribution is -2.39. The van der Waals surface area contributed by atoms with Gasteiger partial charge in [-0.25, -0.2) is 14.4 Å². The van der Waals surface area contributed by atoms with E-state index in [2.05, 4.69) is 0 Å². The van der Waals surface area contributed by atoms with E-state index in [1.165, 1.54) is 19.1 Å². The minimum Gasteiger partial charge on any atom is -0.486 e. The van der Waals surface area contributed by atoms with E-state index in [0.29, 0.717) is 30.9 Å². The topological polar surface area (TPSA) is 104 Å². The molecule has 1 unspecified atom stereocenters. The monoisotopic (exact) mass is 462 g/mol. The molecule has 0 radical (unpaired) electrons. The van der Waals surface area contributed by atoms with Gasteiger partial charge in [-0.2, -0.15) is 0 Å². The summed E-state index contributed by atoms with van der Waals surface area (Å²) in [6, 6.07) is 7.09. The molecule has 1 atom stereocenters. The number of rotatable bonds is 5. The van der Waals surface area contributed by atoms with Gasteiger partial charge >= 0.3 is 18.0 Å². The largest absolute Gasteiger partial charge is 0.486 e. The number of hydrogen-bond acceptors (Lipinski definition) is 9. The molecule has 0 spiro atoms. The molecule has 2 heterocycles. The Bertz CT molecular complexity index is 937. The van der Waals surface area contributed by atoms with E-state index in [4.69, 9.17) is 23.7 Å². The Morgan fingerprint density at radius 3 is 2.42 bits per heavy atom. The van der Waals surface area contributed by atoms with Crippen LogP contribution in [0.2, 0.25) is 0 Å². The summed E-state index contributed by atoms with van der Waals surface area (Å²) in [6.45, 7) is 6.27. The molecule has 2 aliphatic rings. The predicted molar refractivity (Wildman–Crippen MR) is 118 cm³/mol. The second-order valence-corrected chi connectivity index (χ2v) is 8.64. The van der Waals surface area contributed by atoms with Crippen LogP contribution in [0, 0.1) is 0 Å². The van der Waals surface area contributed by atoms with Crippen molar-refractivity contribution in [2.75, 3.05) is 45.5 Å². The molecule has 1 aromatic carbocycles. The molecular formula is C23H30N2O8. The standard InChI is InChI=1S/C23H30N2O8/c1-23(2,3)33-22(28)24-11-10-15(12-24)32-18-9-7-6-8-17(18)25-14-31-13-16(20(26)29-4)19(25)21(27)30-5/h6-9,15H,10-14H2,1-5H3. The molecule has 0 aliphatic carbocycles. The average Bonchev–Trinajstić information content (AvgIpc) is 3.25. The molecule has 1 amide bonds. The fourth-order valence-corrected chi connectivity index (χ4v) is 3.61. The molecule has 33 heavy (non-hydrogen) atoms. The van der Waals surface area contributed by atoms with Crippen LogP contribution in [0.15, 0.2) is 35.5 Å². The normalized spacial score (nSPS) is 18.8. The van der Waals surface area contributed by atoms with Crippen LogP contribution in [-0.2, 0) is 28.5 Å². The van der Waals surface area contributed by atoms with Crippen molar-refractivity contribution in [2.24, 2.45) is 0 Å². The Morgan fingerprint density at radius 2 is 1.76 bits per heavy atom. The molecule has 0 aromatic heterocycles. The predicted octanol–water partition coefficient (Wildman–Crippen LogP) is 2.47. The first-order valence-electron chi connectivity index (χ1n) is 10.6. The number of carbonyl (C=O) groups is 3. The zero-order valence-corrected chi connectivity index (χ0v) is 19.6. The molecule has 0 bridgehead atoms. The molecule has 2 aliphatic heterocycles. The summed E-state index contributed by atoms with van der Waals surface area (Å²) >= 11 is 0. The number of amides is 1. The molecule has 1 saturated heterocycles. The van der Waals surface area contributed by atoms with Gasteiger partial charge < -0.3 is 33.5 Å². The van der Waals surface area contributed by atoms with Gasteiger partial charge in [0.2, 0.25) is 0 Å². The van der Waals surface area contributed by atoms with Gasteiger partial charge in [0.05, 0.1) is 38.6 Å². The molecule has 10 heteroatoms. The summed E-state index contributed by atoms with van der Waals surface area (Å²) in [5, 5.41) is 0. The van der Waals surface area contributed by atoms with E-state index in [-0.39, 0.29) is 36.8 Å². The van der Waals surface area contributed by atoms with Crippen LogP contribution in [0.25, 0.3) is 0 Å². The van der Waals surface area contributed by atoms with Gasteiger partial charge in [-0.3, -0.25) is 0 Å². The van der Waals surface area contributed by atoms with Crippen molar-refractivity contribution in [3.63, 3.8) is 0 Å². The smallest absolute Gasteiger partial charge is 0.410 e. The van der Waals surface area contributed by atoms with Gasteiger partial charge in [0.25, 0.3) is 0 Å². The first-order chi connectivity index (χ1) is 15.6. The zero-order valence-electron chi connectivity index (χ0n) is 19.6. The number of methoxy groups -OCH3 is 2. The van der Waals surface area contributed by atoms with Gasteiger partial charge in [0.1, 0.15) is 29.9 Å². The van der Waals surface area contributed by atoms with E-state index in [0.717, 1.165) is 0 Å². The third-order valence-corrected chi connectivity index (χ3v) is 5.08. The van der Waals surface area contributed by atoms with Crippen molar-refractivity contribution in [2.45, 2.75) is 38.9 Å². The lowest BCUT2D eigenvalue weighted by atomic mass is 10.1. The highest BCUT2D eigenvalue weighted by molar-refractivity contribution is 6.03. The molecule has 180 valence electrons. The zero-order chi connectivity index (χ0) is 24.2. The summed E-state index contributed by atoms with van der Waals surface area (Å²) in [7, 11) is 2.47. The molecule has 0 saturated carbocycles. The Kier molecular flexibility index (Phi) is 7.47. The number of anilines is 1. The minimum absolute atomic E-state index is 0.0139. The fourth-order valence-electron chi connectivity index (χ4n) is 3.61. The first-order valence-corrected chi connectivity index (χ1v) is 10.6. The Balaban J connectivity index is 1.84. The summed E-state index contributed by atoms with van der Waals surface area (Å²) < 4.78 is 26.9. The van der Waals surface area contributed by atoms with Crippen LogP contribution >= 0.6 is 0 Å². The van der Waals surface area contributed by atoms with Gasteiger partial charge in [-0.15, -0.1) is 0 Å². The number of ether oxygens (including phenoxy) is 5. The number of para-hydroxylation sites is 2. The number of nitrogens with zero attached hydrogens (tertiary/aromatic N) is 2. The number of hydrogen-bond donors (Lipinski definition) is 0. The minimum atomic E-state index is -0.689. The van der Waals surface area contributed by atoms with Crippen molar-refractivity contribution >= 4 is 23.7 Å². The molecule has 3 rings (SSSR count). The van der Waals surface area contributed by atoms with E-state index >= 15 is 0 Å². The maximum Gasteiger partial charge on any atom is 0.410 e. The SMILES string of the molecule is COC(=O)C1=C(C(=O)OC)N(c2ccccc2OC2CCN(C(=O)OC(C)(C)C)C2)COC1. The quantitative estimate of drug-likeness (QED) is 0.482. The summed E-state index contributed by atoms with van der Waals surface area (Å²) in [6.07, 6.45) is -0.0306. The Morgan fingerprint density at radius 1 is 1.06 bits per heavy atom. The Labute approximate surface area is 193 Å². The van der Waals surface area contributed by atoms with Crippen LogP contribution in [0.5, 0.6) is 5.75 Å². The molecule has 10 nitrogen and oxygen atoms in total. The highest BCUT2D eigenvalue weighted by atomic mass is 16.6. The third-order valence-electron chi connectivity index (χ3n) is 5.08. The summed E-state index contributed by atoms with van der Waals surface area (Å²) in [5.74, 6) is -0.891. The number of esters is 2. The number of benzene rings is 1. The second-order valence-electron chi connectivity index (χ2n) is 8.64. The van der Waals surface area contributed by atoms with Crippen molar-refractivity contribution in [1.29, 1.82) is 0 Å². The fraction of sp³-hybridized carbons (Fsp3) is 0.522. The first kappa shape index (κ1) is 24.4. The van der Waals surface area contributed by atoms with Crippen LogP contribution in [0.3, 0.4) is 0 Å². The highest BCUT2D eigenvalue weighted by Gasteiger charge is 2.35. The van der Waals surface area contributed by atoms with Crippen LogP contribution in [0.4, 0.5) is 10.5 Å². The van der Waals surface area contributed by atoms with Gasteiger partial charge in [0.15, 0.2) is 0 Å². The lowest BCUT2D eigenvalue weighted by molar-refractivity contribution is -0.140. The molecule has 0 N–H and O–H groups in total. The molecule has 1 fully saturated rings. The second kappa shape index (κ2) is 10.1. The Hall–Kier alpha value is -3.27. The number of carbonyl (C=O) groups excluding carboxylic acids is 3. The van der Waals surface area contributed by atoms with E-state index < -0.39 is 17.5 Å². The van der Waals surface area contributed by atoms with E-state index in [9.17, 15) is 14.4 Å². The highest BCUT2D eigenvalue weighted by Crippen LogP contribution is 2.35. The maximum absolute atomic E-state index is 12.6. The van der Waals surface area contributed by atoms with E-state index in [1.54, 1.807) is 29.2 Å². The maximum atomic E-state index is 12.6. The van der Waals surface area contributed by atoms with E-state index in [1.807, 2.05) is 20.8 Å². The van der Waals surface area contributed by atoms with Crippen molar-refractivity contribution in [3.05, 3.63) is 35.5 Å². The summed E-state index contributed by atoms with van der Waals surface area (Å²) in [5.41, 5.74) is 0.0377. The van der Waals surface area contributed by atoms with Gasteiger partial charge in [-0.05, 0) is 32.9 Å². The third kappa shape index (κ3) is 5.75. The van der Waals surface area contributed by atoms with Crippen LogP contribution < -0.4 is 9.64 Å².